The first-order valence-corrected chi connectivity index (χ1v) is 10.0. The molecule has 1 aliphatic carbocycles. The summed E-state index contributed by atoms with van der Waals surface area (Å²) in [4.78, 5) is 16.7. The van der Waals surface area contributed by atoms with E-state index in [2.05, 4.69) is 42.3 Å². The van der Waals surface area contributed by atoms with Crippen molar-refractivity contribution < 1.29 is 17.2 Å². The van der Waals surface area contributed by atoms with Crippen LogP contribution >= 0.6 is 0 Å². The zero-order chi connectivity index (χ0) is 19.8. The van der Waals surface area contributed by atoms with Crippen molar-refractivity contribution >= 4 is 17.3 Å². The Morgan fingerprint density at radius 1 is 1.25 bits per heavy atom. The number of nitrogens with zero attached hydrogens (tertiary/aromatic N) is 3. The highest BCUT2D eigenvalue weighted by Crippen LogP contribution is 2.24. The number of hydrogen-bond acceptors (Lipinski definition) is 4. The number of aryl methyl sites for hydroxylation is 1. The molecule has 0 aliphatic heterocycles. The summed E-state index contributed by atoms with van der Waals surface area (Å²) in [7, 11) is 1.81. The van der Waals surface area contributed by atoms with Crippen molar-refractivity contribution in [2.24, 2.45) is 0 Å². The fourth-order valence-electron chi connectivity index (χ4n) is 3.71. The van der Waals surface area contributed by atoms with Gasteiger partial charge < -0.3 is 27.5 Å². The molecule has 0 bridgehead atoms. The van der Waals surface area contributed by atoms with Gasteiger partial charge in [-0.2, -0.15) is 5.26 Å². The highest BCUT2D eigenvalue weighted by Gasteiger charge is 2.24. The lowest BCUT2D eigenvalue weighted by Gasteiger charge is -2.31. The fourth-order valence-corrected chi connectivity index (χ4v) is 3.71. The number of rotatable bonds is 7. The van der Waals surface area contributed by atoms with Crippen LogP contribution in [0.2, 0.25) is 0 Å². The number of likely N-dealkylation sites (N-methyl/N-ethyl adjacent to an activating group) is 1. The second-order valence-electron chi connectivity index (χ2n) is 7.19. The van der Waals surface area contributed by atoms with Crippen LogP contribution in [0, 0.1) is 18.3 Å². The predicted octanol–water partition coefficient (Wildman–Crippen LogP) is 1.46. The van der Waals surface area contributed by atoms with E-state index in [9.17, 15) is 10.1 Å². The molecule has 2 rings (SSSR count). The molecule has 0 unspecified atom stereocenters. The van der Waals surface area contributed by atoms with Gasteiger partial charge in [-0.15, -0.1) is 0 Å². The largest absolute Gasteiger partial charge is 1.00 e. The van der Waals surface area contributed by atoms with Crippen LogP contribution < -0.4 is 22.6 Å². The average molecular weight is 404 g/mol. The monoisotopic (exact) mass is 403 g/mol. The van der Waals surface area contributed by atoms with Crippen molar-refractivity contribution in [3.63, 3.8) is 0 Å². The Balaban J connectivity index is 0.00000392. The molecular weight excluding hydrogens is 372 g/mol. The van der Waals surface area contributed by atoms with Gasteiger partial charge in [0.25, 0.3) is 5.91 Å². The molecule has 5 nitrogen and oxygen atoms in total. The summed E-state index contributed by atoms with van der Waals surface area (Å²) in [5.41, 5.74) is 3.32. The van der Waals surface area contributed by atoms with Gasteiger partial charge in [-0.25, -0.2) is 0 Å². The van der Waals surface area contributed by atoms with Crippen LogP contribution in [0.4, 0.5) is 11.4 Å². The molecule has 1 N–H and O–H groups in total. The van der Waals surface area contributed by atoms with Gasteiger partial charge in [0.1, 0.15) is 11.6 Å². The number of benzene rings is 1. The van der Waals surface area contributed by atoms with Gasteiger partial charge in [0.15, 0.2) is 0 Å². The summed E-state index contributed by atoms with van der Waals surface area (Å²) < 4.78 is 0. The van der Waals surface area contributed by atoms with Gasteiger partial charge in [0, 0.05) is 43.8 Å². The number of anilines is 2. The van der Waals surface area contributed by atoms with Gasteiger partial charge in [-0.1, -0.05) is 19.3 Å². The fraction of sp³-hybridized carbons (Fsp3) is 0.545. The van der Waals surface area contributed by atoms with E-state index in [1.165, 1.54) is 12.1 Å². The van der Waals surface area contributed by atoms with Gasteiger partial charge in [-0.3, -0.25) is 4.79 Å². The number of nitriles is 1. The van der Waals surface area contributed by atoms with Crippen LogP contribution in [0.5, 0.6) is 0 Å². The van der Waals surface area contributed by atoms with Crippen molar-refractivity contribution in [3.8, 4) is 6.07 Å². The topological polar surface area (TPSA) is 59.4 Å². The number of nitrogens with one attached hydrogen (secondary N) is 1. The normalized spacial score (nSPS) is 14.6. The minimum Gasteiger partial charge on any atom is -1.00 e. The highest BCUT2D eigenvalue weighted by atomic mass is 35.5. The molecule has 1 amide bonds. The first-order valence-electron chi connectivity index (χ1n) is 10.0. The summed E-state index contributed by atoms with van der Waals surface area (Å²) in [6.45, 7) is 8.24. The molecule has 0 spiro atoms. The third-order valence-electron chi connectivity index (χ3n) is 5.50. The Hall–Kier alpha value is -2.19. The first-order chi connectivity index (χ1) is 13.0. The van der Waals surface area contributed by atoms with Crippen LogP contribution in [-0.2, 0) is 4.79 Å². The van der Waals surface area contributed by atoms with Gasteiger partial charge in [-0.05, 0) is 57.4 Å². The van der Waals surface area contributed by atoms with Crippen LogP contribution in [0.3, 0.4) is 0 Å². The van der Waals surface area contributed by atoms with E-state index in [0.717, 1.165) is 50.0 Å². The second kappa shape index (κ2) is 11.6. The number of carbonyl (C=O) groups excluding carboxylic acids is 1. The molecule has 0 saturated heterocycles. The van der Waals surface area contributed by atoms with Gasteiger partial charge in [0.05, 0.1) is 0 Å². The summed E-state index contributed by atoms with van der Waals surface area (Å²) in [6.07, 6.45) is 7.15. The second-order valence-corrected chi connectivity index (χ2v) is 7.19. The molecule has 0 atom stereocenters. The third-order valence-corrected chi connectivity index (χ3v) is 5.50. The molecule has 28 heavy (non-hydrogen) atoms. The Kier molecular flexibility index (Phi) is 9.89. The quantitative estimate of drug-likeness (QED) is 0.553. The first kappa shape index (κ1) is 23.8. The Labute approximate surface area is 175 Å². The molecule has 6 heteroatoms. The molecule has 1 aromatic rings. The maximum Gasteiger partial charge on any atom is 0.266 e. The molecule has 1 aliphatic rings. The average Bonchev–Trinajstić information content (AvgIpc) is 2.70. The lowest BCUT2D eigenvalue weighted by Crippen LogP contribution is -3.00. The summed E-state index contributed by atoms with van der Waals surface area (Å²) >= 11 is 0. The van der Waals surface area contributed by atoms with Crippen molar-refractivity contribution in [1.82, 2.24) is 4.90 Å². The lowest BCUT2D eigenvalue weighted by atomic mass is 9.94. The van der Waals surface area contributed by atoms with Crippen molar-refractivity contribution in [2.75, 3.05) is 30.4 Å². The molecule has 1 aromatic carbocycles. The van der Waals surface area contributed by atoms with Crippen LogP contribution in [0.15, 0.2) is 30.0 Å². The summed E-state index contributed by atoms with van der Waals surface area (Å²) in [5, 5.41) is 12.6. The summed E-state index contributed by atoms with van der Waals surface area (Å²) in [6, 6.07) is 8.51. The number of amides is 1. The van der Waals surface area contributed by atoms with E-state index in [0.29, 0.717) is 0 Å². The van der Waals surface area contributed by atoms with E-state index < -0.39 is 0 Å². The highest BCUT2D eigenvalue weighted by molar-refractivity contribution is 5.97. The Morgan fingerprint density at radius 3 is 2.43 bits per heavy atom. The van der Waals surface area contributed by atoms with Crippen molar-refractivity contribution in [3.05, 3.63) is 35.5 Å². The smallest absolute Gasteiger partial charge is 0.266 e. The third kappa shape index (κ3) is 5.90. The van der Waals surface area contributed by atoms with Crippen molar-refractivity contribution in [2.45, 2.75) is 58.9 Å². The van der Waals surface area contributed by atoms with Crippen molar-refractivity contribution in [1.29, 1.82) is 5.26 Å². The lowest BCUT2D eigenvalue weighted by molar-refractivity contribution is -0.128. The van der Waals surface area contributed by atoms with Gasteiger partial charge >= 0.3 is 0 Å². The maximum atomic E-state index is 12.7. The standard InChI is InChI=1S/C22H32N4O.ClH/c1-5-26(6-2)20-12-13-21(17(3)14-20)24-16-18(15-23)22(27)25(4)19-10-8-7-9-11-19;/h12-14,16,19,24H,5-11H2,1-4H3;1H/p-1/b18-16-;. The Morgan fingerprint density at radius 2 is 1.89 bits per heavy atom. The maximum absolute atomic E-state index is 12.7. The van der Waals surface area contributed by atoms with E-state index in [1.807, 2.05) is 20.0 Å². The molecule has 1 saturated carbocycles. The van der Waals surface area contributed by atoms with E-state index in [4.69, 9.17) is 0 Å². The van der Waals surface area contributed by atoms with E-state index in [1.54, 1.807) is 11.1 Å². The number of carbonyl (C=O) groups is 1. The van der Waals surface area contributed by atoms with Crippen LogP contribution in [-0.4, -0.2) is 37.0 Å². The Bertz CT molecular complexity index is 716. The molecule has 0 radical (unpaired) electrons. The van der Waals surface area contributed by atoms with Gasteiger partial charge in [0.2, 0.25) is 0 Å². The summed E-state index contributed by atoms with van der Waals surface area (Å²) in [5.74, 6) is -0.200. The minimum atomic E-state index is -0.200. The molecule has 0 heterocycles. The number of halogens is 1. The molecular formula is C22H32ClN4O-. The van der Waals surface area contributed by atoms with Crippen LogP contribution in [0.25, 0.3) is 0 Å². The zero-order valence-electron chi connectivity index (χ0n) is 17.5. The number of hydrogen-bond donors (Lipinski definition) is 1. The molecule has 154 valence electrons. The van der Waals surface area contributed by atoms with E-state index >= 15 is 0 Å². The molecule has 0 aromatic heterocycles. The van der Waals surface area contributed by atoms with Crippen LogP contribution in [0.1, 0.15) is 51.5 Å². The van der Waals surface area contributed by atoms with E-state index in [-0.39, 0.29) is 29.9 Å². The molecule has 1 fully saturated rings. The predicted molar refractivity (Wildman–Crippen MR) is 112 cm³/mol. The zero-order valence-corrected chi connectivity index (χ0v) is 18.2. The minimum absolute atomic E-state index is 0. The SMILES string of the molecule is CCN(CC)c1ccc(N/C=C(/C#N)C(=O)N(C)C2CCCCC2)c(C)c1.[Cl-].